The third kappa shape index (κ3) is 6.35. The Morgan fingerprint density at radius 3 is 2.15 bits per heavy atom. The highest BCUT2D eigenvalue weighted by molar-refractivity contribution is 7.89. The number of piperidine rings is 1. The van der Waals surface area contributed by atoms with Gasteiger partial charge in [0.25, 0.3) is 11.8 Å². The van der Waals surface area contributed by atoms with Crippen LogP contribution in [-0.4, -0.2) is 50.3 Å². The molecular formula is C23H26F3N3O4S. The van der Waals surface area contributed by atoms with Crippen molar-refractivity contribution in [3.05, 3.63) is 59.7 Å². The number of rotatable bonds is 6. The summed E-state index contributed by atoms with van der Waals surface area (Å²) in [6.07, 6.45) is -3.61. The van der Waals surface area contributed by atoms with Gasteiger partial charge in [0.15, 0.2) is 0 Å². The summed E-state index contributed by atoms with van der Waals surface area (Å²) < 4.78 is 64.7. The Labute approximate surface area is 196 Å². The molecule has 0 spiro atoms. The van der Waals surface area contributed by atoms with Crippen LogP contribution in [0.25, 0.3) is 0 Å². The molecule has 1 fully saturated rings. The molecule has 1 aliphatic heterocycles. The van der Waals surface area contributed by atoms with E-state index in [-0.39, 0.29) is 33.5 Å². The van der Waals surface area contributed by atoms with E-state index in [0.717, 1.165) is 6.42 Å². The molecule has 0 aromatic heterocycles. The average molecular weight is 498 g/mol. The monoisotopic (exact) mass is 497 g/mol. The van der Waals surface area contributed by atoms with E-state index in [9.17, 15) is 31.2 Å². The normalized spacial score (nSPS) is 19.4. The summed E-state index contributed by atoms with van der Waals surface area (Å²) in [7, 11) is -3.71. The molecule has 2 atom stereocenters. The van der Waals surface area contributed by atoms with Gasteiger partial charge in [0.05, 0.1) is 16.1 Å². The number of amides is 2. The number of benzene rings is 2. The molecule has 1 aliphatic rings. The zero-order valence-electron chi connectivity index (χ0n) is 18.7. The Morgan fingerprint density at radius 1 is 0.971 bits per heavy atom. The lowest BCUT2D eigenvalue weighted by Gasteiger charge is -2.34. The Balaban J connectivity index is 1.73. The zero-order valence-corrected chi connectivity index (χ0v) is 19.5. The first-order chi connectivity index (χ1) is 15.9. The van der Waals surface area contributed by atoms with Crippen LogP contribution in [0, 0.1) is 11.8 Å². The van der Waals surface area contributed by atoms with Crippen molar-refractivity contribution in [1.29, 1.82) is 0 Å². The number of hydrogen-bond donors (Lipinski definition) is 2. The molecule has 7 nitrogen and oxygen atoms in total. The van der Waals surface area contributed by atoms with Crippen molar-refractivity contribution in [2.75, 3.05) is 25.0 Å². The van der Waals surface area contributed by atoms with E-state index in [1.807, 2.05) is 13.8 Å². The number of nitrogens with zero attached hydrogens (tertiary/aromatic N) is 1. The lowest BCUT2D eigenvalue weighted by molar-refractivity contribution is -0.123. The van der Waals surface area contributed by atoms with Crippen molar-refractivity contribution in [3.63, 3.8) is 0 Å². The van der Waals surface area contributed by atoms with Gasteiger partial charge in [0.2, 0.25) is 10.0 Å². The molecule has 2 unspecified atom stereocenters. The molecule has 2 aromatic carbocycles. The molecule has 0 saturated carbocycles. The van der Waals surface area contributed by atoms with Crippen molar-refractivity contribution in [2.24, 2.45) is 11.8 Å². The van der Waals surface area contributed by atoms with Gasteiger partial charge in [-0.2, -0.15) is 17.5 Å². The average Bonchev–Trinajstić information content (AvgIpc) is 2.76. The van der Waals surface area contributed by atoms with Gasteiger partial charge in [-0.1, -0.05) is 26.0 Å². The maximum absolute atomic E-state index is 13.0. The molecule has 0 bridgehead atoms. The number of para-hydroxylation sites is 1. The van der Waals surface area contributed by atoms with E-state index < -0.39 is 34.6 Å². The van der Waals surface area contributed by atoms with Crippen LogP contribution in [0.5, 0.6) is 0 Å². The second-order valence-electron chi connectivity index (χ2n) is 8.59. The van der Waals surface area contributed by atoms with Crippen molar-refractivity contribution < 1.29 is 31.2 Å². The maximum atomic E-state index is 13.0. The highest BCUT2D eigenvalue weighted by atomic mass is 32.2. The van der Waals surface area contributed by atoms with E-state index in [1.54, 1.807) is 5.32 Å². The Morgan fingerprint density at radius 2 is 1.56 bits per heavy atom. The number of anilines is 1. The van der Waals surface area contributed by atoms with Crippen LogP contribution < -0.4 is 10.6 Å². The summed E-state index contributed by atoms with van der Waals surface area (Å²) in [5, 5.41) is 4.26. The number of nitrogens with one attached hydrogen (secondary N) is 2. The SMILES string of the molecule is CC1CC(C)CN(S(=O)(=O)c2ccc(C(=O)Nc3ccccc3C(=O)NCC(F)(F)F)cc2)C1. The predicted octanol–water partition coefficient (Wildman–Crippen LogP) is 3.90. The molecule has 0 aliphatic carbocycles. The third-order valence-electron chi connectivity index (χ3n) is 5.46. The summed E-state index contributed by atoms with van der Waals surface area (Å²) in [4.78, 5) is 24.9. The Hall–Kier alpha value is -2.92. The second-order valence-corrected chi connectivity index (χ2v) is 10.5. The van der Waals surface area contributed by atoms with Gasteiger partial charge < -0.3 is 10.6 Å². The predicted molar refractivity (Wildman–Crippen MR) is 121 cm³/mol. The second kappa shape index (κ2) is 10.1. The zero-order chi connectivity index (χ0) is 25.1. The number of halogens is 3. The highest BCUT2D eigenvalue weighted by Gasteiger charge is 2.32. The minimum atomic E-state index is -4.57. The van der Waals surface area contributed by atoms with Gasteiger partial charge in [0.1, 0.15) is 6.54 Å². The number of carbonyl (C=O) groups excluding carboxylic acids is 2. The lowest BCUT2D eigenvalue weighted by atomic mass is 9.94. The van der Waals surface area contributed by atoms with E-state index in [0.29, 0.717) is 13.1 Å². The van der Waals surface area contributed by atoms with Crippen LogP contribution in [0.15, 0.2) is 53.4 Å². The van der Waals surface area contributed by atoms with Crippen molar-refractivity contribution in [2.45, 2.75) is 31.3 Å². The van der Waals surface area contributed by atoms with Gasteiger partial charge in [-0.25, -0.2) is 8.42 Å². The first kappa shape index (κ1) is 25.7. The molecule has 3 rings (SSSR count). The van der Waals surface area contributed by atoms with Gasteiger partial charge in [0, 0.05) is 18.7 Å². The van der Waals surface area contributed by atoms with Crippen LogP contribution in [0.1, 0.15) is 41.0 Å². The largest absolute Gasteiger partial charge is 0.405 e. The fourth-order valence-electron chi connectivity index (χ4n) is 3.99. The van der Waals surface area contributed by atoms with Gasteiger partial charge >= 0.3 is 6.18 Å². The van der Waals surface area contributed by atoms with E-state index >= 15 is 0 Å². The fraction of sp³-hybridized carbons (Fsp3) is 0.391. The van der Waals surface area contributed by atoms with Crippen molar-refractivity contribution in [3.8, 4) is 0 Å². The van der Waals surface area contributed by atoms with Crippen LogP contribution in [0.4, 0.5) is 18.9 Å². The van der Waals surface area contributed by atoms with E-state index in [2.05, 4.69) is 5.32 Å². The maximum Gasteiger partial charge on any atom is 0.405 e. The summed E-state index contributed by atoms with van der Waals surface area (Å²) in [6, 6.07) is 11.0. The molecular weight excluding hydrogens is 471 g/mol. The van der Waals surface area contributed by atoms with Crippen LogP contribution in [0.3, 0.4) is 0 Å². The van der Waals surface area contributed by atoms with Crippen molar-refractivity contribution in [1.82, 2.24) is 9.62 Å². The molecule has 11 heteroatoms. The molecule has 2 N–H and O–H groups in total. The van der Waals surface area contributed by atoms with Crippen LogP contribution in [0.2, 0.25) is 0 Å². The van der Waals surface area contributed by atoms with Gasteiger partial charge in [-0.05, 0) is 54.7 Å². The topological polar surface area (TPSA) is 95.6 Å². The number of sulfonamides is 1. The smallest absolute Gasteiger partial charge is 0.343 e. The Bertz CT molecular complexity index is 1140. The minimum Gasteiger partial charge on any atom is -0.343 e. The van der Waals surface area contributed by atoms with Crippen molar-refractivity contribution >= 4 is 27.5 Å². The molecule has 184 valence electrons. The molecule has 0 radical (unpaired) electrons. The third-order valence-corrected chi connectivity index (χ3v) is 7.30. The molecule has 1 heterocycles. The fourth-order valence-corrected chi connectivity index (χ4v) is 5.67. The lowest BCUT2D eigenvalue weighted by Crippen LogP contribution is -2.42. The minimum absolute atomic E-state index is 0.0279. The summed E-state index contributed by atoms with van der Waals surface area (Å²) in [6.45, 7) is 3.38. The first-order valence-electron chi connectivity index (χ1n) is 10.7. The molecule has 2 amide bonds. The van der Waals surface area contributed by atoms with Gasteiger partial charge in [-0.15, -0.1) is 0 Å². The van der Waals surface area contributed by atoms with E-state index in [4.69, 9.17) is 0 Å². The van der Waals surface area contributed by atoms with E-state index in [1.165, 1.54) is 52.8 Å². The summed E-state index contributed by atoms with van der Waals surface area (Å²) in [5.41, 5.74) is 0.0256. The molecule has 2 aromatic rings. The van der Waals surface area contributed by atoms with Crippen LogP contribution >= 0.6 is 0 Å². The van der Waals surface area contributed by atoms with Gasteiger partial charge in [-0.3, -0.25) is 9.59 Å². The molecule has 1 saturated heterocycles. The summed E-state index contributed by atoms with van der Waals surface area (Å²) >= 11 is 0. The quantitative estimate of drug-likeness (QED) is 0.633. The molecule has 34 heavy (non-hydrogen) atoms. The summed E-state index contributed by atoms with van der Waals surface area (Å²) in [5.74, 6) is -1.13. The highest BCUT2D eigenvalue weighted by Crippen LogP contribution is 2.27. The standard InChI is InChI=1S/C23H26F3N3O4S/c1-15-11-16(2)13-29(12-15)34(32,33)18-9-7-17(8-10-18)21(30)28-20-6-4-3-5-19(20)22(31)27-14-23(24,25)26/h3-10,15-16H,11-14H2,1-2H3,(H,27,31)(H,28,30). The Kier molecular flexibility index (Phi) is 7.67. The number of hydrogen-bond acceptors (Lipinski definition) is 4. The first-order valence-corrected chi connectivity index (χ1v) is 12.2. The van der Waals surface area contributed by atoms with Crippen LogP contribution in [-0.2, 0) is 10.0 Å². The number of carbonyl (C=O) groups is 2. The number of alkyl halides is 3.